The molecule has 0 spiro atoms. The van der Waals surface area contributed by atoms with Crippen molar-refractivity contribution >= 4 is 5.91 Å². The molecule has 0 bridgehead atoms. The largest absolute Gasteiger partial charge is 0.469 e. The number of likely N-dealkylation sites (tertiary alicyclic amines) is 1. The van der Waals surface area contributed by atoms with E-state index in [1.807, 2.05) is 24.0 Å². The van der Waals surface area contributed by atoms with E-state index in [9.17, 15) is 4.79 Å². The fraction of sp³-hybridized carbons (Fsp3) is 0.562. The van der Waals surface area contributed by atoms with Gasteiger partial charge >= 0.3 is 0 Å². The summed E-state index contributed by atoms with van der Waals surface area (Å²) in [6.07, 6.45) is 4.37. The first kappa shape index (κ1) is 13.5. The standard InChI is InChI=1S/C16H19N3O3/c1-10-17-15(22-18-10)11-4-6-19(7-5-11)16(20)13-9-12(13)14-3-2-8-21-14/h2-3,8,11-13H,4-7,9H2,1H3/t12-,13-/m1/s1. The number of piperidine rings is 1. The van der Waals surface area contributed by atoms with E-state index in [0.29, 0.717) is 11.7 Å². The van der Waals surface area contributed by atoms with Gasteiger partial charge in [0, 0.05) is 30.8 Å². The van der Waals surface area contributed by atoms with E-state index in [0.717, 1.165) is 38.1 Å². The molecule has 1 aliphatic heterocycles. The van der Waals surface area contributed by atoms with Crippen LogP contribution in [-0.4, -0.2) is 34.0 Å². The molecule has 116 valence electrons. The molecule has 1 saturated heterocycles. The summed E-state index contributed by atoms with van der Waals surface area (Å²) >= 11 is 0. The third-order valence-electron chi connectivity index (χ3n) is 4.72. The molecular weight excluding hydrogens is 282 g/mol. The number of carbonyl (C=O) groups excluding carboxylic acids is 1. The van der Waals surface area contributed by atoms with E-state index < -0.39 is 0 Å². The van der Waals surface area contributed by atoms with Gasteiger partial charge in [-0.3, -0.25) is 4.79 Å². The van der Waals surface area contributed by atoms with Crippen LogP contribution in [0.2, 0.25) is 0 Å². The molecule has 0 unspecified atom stereocenters. The summed E-state index contributed by atoms with van der Waals surface area (Å²) in [4.78, 5) is 18.8. The first-order chi connectivity index (χ1) is 10.7. The lowest BCUT2D eigenvalue weighted by molar-refractivity contribution is -0.133. The topological polar surface area (TPSA) is 72.4 Å². The summed E-state index contributed by atoms with van der Waals surface area (Å²) in [5.74, 6) is 3.26. The first-order valence-corrected chi connectivity index (χ1v) is 7.85. The van der Waals surface area contributed by atoms with Crippen molar-refractivity contribution in [2.45, 2.75) is 38.0 Å². The molecule has 0 radical (unpaired) electrons. The number of rotatable bonds is 3. The number of furan rings is 1. The van der Waals surface area contributed by atoms with Gasteiger partial charge in [0.05, 0.1) is 6.26 Å². The number of amides is 1. The van der Waals surface area contributed by atoms with Gasteiger partial charge in [-0.05, 0) is 38.3 Å². The molecule has 2 fully saturated rings. The third-order valence-corrected chi connectivity index (χ3v) is 4.72. The predicted molar refractivity (Wildman–Crippen MR) is 77.1 cm³/mol. The highest BCUT2D eigenvalue weighted by Gasteiger charge is 2.47. The van der Waals surface area contributed by atoms with Gasteiger partial charge < -0.3 is 13.8 Å². The maximum absolute atomic E-state index is 12.5. The molecule has 6 nitrogen and oxygen atoms in total. The zero-order chi connectivity index (χ0) is 15.1. The van der Waals surface area contributed by atoms with Crippen LogP contribution in [0.1, 0.15) is 48.6 Å². The second kappa shape index (κ2) is 5.26. The number of hydrogen-bond acceptors (Lipinski definition) is 5. The van der Waals surface area contributed by atoms with Crippen LogP contribution in [-0.2, 0) is 4.79 Å². The van der Waals surface area contributed by atoms with Gasteiger partial charge in [-0.25, -0.2) is 0 Å². The molecule has 6 heteroatoms. The van der Waals surface area contributed by atoms with Crippen LogP contribution in [0.25, 0.3) is 0 Å². The summed E-state index contributed by atoms with van der Waals surface area (Å²) in [5.41, 5.74) is 0. The fourth-order valence-corrected chi connectivity index (χ4v) is 3.34. The molecule has 2 aromatic rings. The maximum Gasteiger partial charge on any atom is 0.229 e. The van der Waals surface area contributed by atoms with E-state index in [1.54, 1.807) is 6.26 Å². The molecule has 0 N–H and O–H groups in total. The Kier molecular flexibility index (Phi) is 3.24. The van der Waals surface area contributed by atoms with Crippen LogP contribution in [0.4, 0.5) is 0 Å². The Morgan fingerprint density at radius 1 is 1.36 bits per heavy atom. The van der Waals surface area contributed by atoms with Crippen LogP contribution in [0.3, 0.4) is 0 Å². The molecule has 0 aromatic carbocycles. The van der Waals surface area contributed by atoms with Crippen molar-refractivity contribution in [2.75, 3.05) is 13.1 Å². The lowest BCUT2D eigenvalue weighted by Crippen LogP contribution is -2.39. The van der Waals surface area contributed by atoms with Crippen molar-refractivity contribution in [3.8, 4) is 0 Å². The van der Waals surface area contributed by atoms with E-state index in [1.165, 1.54) is 0 Å². The Balaban J connectivity index is 1.33. The van der Waals surface area contributed by atoms with Crippen molar-refractivity contribution < 1.29 is 13.7 Å². The molecule has 1 amide bonds. The highest BCUT2D eigenvalue weighted by Crippen LogP contribution is 2.49. The van der Waals surface area contributed by atoms with Gasteiger partial charge in [-0.15, -0.1) is 0 Å². The Hall–Kier alpha value is -2.11. The smallest absolute Gasteiger partial charge is 0.229 e. The molecule has 22 heavy (non-hydrogen) atoms. The van der Waals surface area contributed by atoms with E-state index in [4.69, 9.17) is 8.94 Å². The number of aryl methyl sites for hydroxylation is 1. The Morgan fingerprint density at radius 2 is 2.18 bits per heavy atom. The van der Waals surface area contributed by atoms with E-state index >= 15 is 0 Å². The average Bonchev–Trinajstić information content (AvgIpc) is 2.95. The molecule has 2 aromatic heterocycles. The summed E-state index contributed by atoms with van der Waals surface area (Å²) in [6, 6.07) is 3.84. The van der Waals surface area contributed by atoms with Gasteiger partial charge in [-0.1, -0.05) is 5.16 Å². The SMILES string of the molecule is Cc1noc(C2CCN(C(=O)[C@@H]3C[C@H]3c3ccco3)CC2)n1. The first-order valence-electron chi connectivity index (χ1n) is 7.85. The number of aromatic nitrogens is 2. The fourth-order valence-electron chi connectivity index (χ4n) is 3.34. The molecule has 4 rings (SSSR count). The van der Waals surface area contributed by atoms with Crippen LogP contribution in [0.5, 0.6) is 0 Å². The Bertz CT molecular complexity index is 656. The van der Waals surface area contributed by atoms with Gasteiger partial charge in [0.15, 0.2) is 5.82 Å². The summed E-state index contributed by atoms with van der Waals surface area (Å²) in [7, 11) is 0. The van der Waals surface area contributed by atoms with Crippen LogP contribution >= 0.6 is 0 Å². The third kappa shape index (κ3) is 2.42. The van der Waals surface area contributed by atoms with Gasteiger partial charge in [-0.2, -0.15) is 4.98 Å². The molecule has 1 aliphatic carbocycles. The zero-order valence-electron chi connectivity index (χ0n) is 12.6. The van der Waals surface area contributed by atoms with Crippen LogP contribution in [0.15, 0.2) is 27.3 Å². The summed E-state index contributed by atoms with van der Waals surface area (Å²) in [6.45, 7) is 3.37. The Labute approximate surface area is 128 Å². The number of hydrogen-bond donors (Lipinski definition) is 0. The lowest BCUT2D eigenvalue weighted by Gasteiger charge is -2.30. The highest BCUT2D eigenvalue weighted by atomic mass is 16.5. The van der Waals surface area contributed by atoms with E-state index in [-0.39, 0.29) is 23.7 Å². The molecular formula is C16H19N3O3. The highest BCUT2D eigenvalue weighted by molar-refractivity contribution is 5.83. The second-order valence-corrected chi connectivity index (χ2v) is 6.24. The Morgan fingerprint density at radius 3 is 2.82 bits per heavy atom. The second-order valence-electron chi connectivity index (χ2n) is 6.24. The zero-order valence-corrected chi connectivity index (χ0v) is 12.6. The minimum atomic E-state index is 0.105. The van der Waals surface area contributed by atoms with Crippen molar-refractivity contribution in [1.29, 1.82) is 0 Å². The monoisotopic (exact) mass is 301 g/mol. The van der Waals surface area contributed by atoms with Crippen molar-refractivity contribution in [3.05, 3.63) is 35.9 Å². The van der Waals surface area contributed by atoms with Crippen LogP contribution in [0, 0.1) is 12.8 Å². The quantitative estimate of drug-likeness (QED) is 0.871. The minimum absolute atomic E-state index is 0.105. The molecule has 1 saturated carbocycles. The maximum atomic E-state index is 12.5. The molecule has 2 atom stereocenters. The normalized spacial score (nSPS) is 25.4. The molecule has 2 aliphatic rings. The lowest BCUT2D eigenvalue weighted by atomic mass is 9.96. The van der Waals surface area contributed by atoms with Crippen molar-refractivity contribution in [2.24, 2.45) is 5.92 Å². The summed E-state index contributed by atoms with van der Waals surface area (Å²) < 4.78 is 10.7. The van der Waals surface area contributed by atoms with E-state index in [2.05, 4.69) is 10.1 Å². The minimum Gasteiger partial charge on any atom is -0.469 e. The average molecular weight is 301 g/mol. The van der Waals surface area contributed by atoms with Crippen LogP contribution < -0.4 is 0 Å². The number of nitrogens with zero attached hydrogens (tertiary/aromatic N) is 3. The predicted octanol–water partition coefficient (Wildman–Crippen LogP) is 2.48. The molecule has 3 heterocycles. The van der Waals surface area contributed by atoms with Crippen molar-refractivity contribution in [3.63, 3.8) is 0 Å². The van der Waals surface area contributed by atoms with Gasteiger partial charge in [0.2, 0.25) is 11.8 Å². The van der Waals surface area contributed by atoms with Gasteiger partial charge in [0.1, 0.15) is 5.76 Å². The number of carbonyl (C=O) groups is 1. The van der Waals surface area contributed by atoms with Gasteiger partial charge in [0.25, 0.3) is 0 Å². The summed E-state index contributed by atoms with van der Waals surface area (Å²) in [5, 5.41) is 3.85. The van der Waals surface area contributed by atoms with Crippen molar-refractivity contribution in [1.82, 2.24) is 15.0 Å².